The highest BCUT2D eigenvalue weighted by Gasteiger charge is 2.41. The minimum Gasteiger partial charge on any atom is -0.370 e. The molecule has 5 nitrogen and oxygen atoms in total. The maximum absolute atomic E-state index is 13.9. The van der Waals surface area contributed by atoms with E-state index in [4.69, 9.17) is 0 Å². The molecule has 1 N–H and O–H groups in total. The summed E-state index contributed by atoms with van der Waals surface area (Å²) in [5.74, 6) is -0.849. The van der Waals surface area contributed by atoms with Gasteiger partial charge in [-0.2, -0.15) is 26.3 Å². The van der Waals surface area contributed by atoms with Gasteiger partial charge in [-0.1, -0.05) is 24.3 Å². The van der Waals surface area contributed by atoms with E-state index in [2.05, 4.69) is 14.9 Å². The highest BCUT2D eigenvalue weighted by molar-refractivity contribution is 5.95. The van der Waals surface area contributed by atoms with Gasteiger partial charge >= 0.3 is 12.4 Å². The summed E-state index contributed by atoms with van der Waals surface area (Å²) < 4.78 is 81.6. The van der Waals surface area contributed by atoms with Crippen molar-refractivity contribution in [1.29, 1.82) is 0 Å². The van der Waals surface area contributed by atoms with E-state index in [1.54, 1.807) is 12.4 Å². The molecule has 2 atom stereocenters. The maximum atomic E-state index is 13.9. The molecule has 2 aliphatic heterocycles. The lowest BCUT2D eigenvalue weighted by molar-refractivity contribution is -0.143. The number of amides is 1. The standard InChI is InChI=1S/C31H26F6N4O/c32-30(33,34)23-10-21(11-24(13-23)31(35,36)37)29(42)41-18-25-8-7-20(19-4-3-9-38-14-19)16-40(25)17-26(41)12-22-15-39-28-6-2-1-5-27(22)28/h1-6,9-11,13-16,25-26,39H,7-8,12,17-18H2. The number of hydrogen-bond acceptors (Lipinski definition) is 3. The van der Waals surface area contributed by atoms with Crippen molar-refractivity contribution in [2.75, 3.05) is 13.1 Å². The number of hydrogen-bond donors (Lipinski definition) is 1. The molecule has 218 valence electrons. The minimum atomic E-state index is -5.05. The number of carbonyl (C=O) groups excluding carboxylic acids is 1. The van der Waals surface area contributed by atoms with Crippen molar-refractivity contribution in [2.24, 2.45) is 0 Å². The molecular weight excluding hydrogens is 558 g/mol. The maximum Gasteiger partial charge on any atom is 0.416 e. The zero-order valence-electron chi connectivity index (χ0n) is 22.2. The topological polar surface area (TPSA) is 52.2 Å². The third-order valence-corrected chi connectivity index (χ3v) is 8.07. The Labute approximate surface area is 237 Å². The molecule has 0 saturated carbocycles. The second-order valence-corrected chi connectivity index (χ2v) is 10.8. The summed E-state index contributed by atoms with van der Waals surface area (Å²) in [5, 5.41) is 0.940. The van der Waals surface area contributed by atoms with Crippen molar-refractivity contribution in [1.82, 2.24) is 19.8 Å². The fraction of sp³-hybridized carbons (Fsp3) is 0.290. The van der Waals surface area contributed by atoms with Crippen LogP contribution in [-0.2, 0) is 18.8 Å². The molecule has 11 heteroatoms. The first-order valence-electron chi connectivity index (χ1n) is 13.5. The van der Waals surface area contributed by atoms with Gasteiger partial charge in [0.1, 0.15) is 0 Å². The smallest absolute Gasteiger partial charge is 0.370 e. The Kier molecular flexibility index (Phi) is 6.98. The van der Waals surface area contributed by atoms with E-state index in [9.17, 15) is 31.1 Å². The lowest BCUT2D eigenvalue weighted by Crippen LogP contribution is -2.59. The number of alkyl halides is 6. The predicted molar refractivity (Wildman–Crippen MR) is 145 cm³/mol. The van der Waals surface area contributed by atoms with Crippen molar-refractivity contribution in [3.63, 3.8) is 0 Å². The van der Waals surface area contributed by atoms with Crippen LogP contribution >= 0.6 is 0 Å². The number of halogens is 6. The third-order valence-electron chi connectivity index (χ3n) is 8.07. The van der Waals surface area contributed by atoms with Gasteiger partial charge in [0.05, 0.1) is 17.2 Å². The second kappa shape index (κ2) is 10.5. The van der Waals surface area contributed by atoms with Crippen LogP contribution in [0.5, 0.6) is 0 Å². The van der Waals surface area contributed by atoms with Gasteiger partial charge in [-0.3, -0.25) is 9.78 Å². The number of fused-ring (bicyclic) bond motifs is 2. The first-order valence-corrected chi connectivity index (χ1v) is 13.5. The Balaban J connectivity index is 1.38. The first kappa shape index (κ1) is 27.9. The Hall–Kier alpha value is -4.28. The molecule has 1 saturated heterocycles. The molecule has 4 aromatic rings. The third kappa shape index (κ3) is 5.47. The number of pyridine rings is 1. The molecule has 2 unspecified atom stereocenters. The summed E-state index contributed by atoms with van der Waals surface area (Å²) >= 11 is 0. The molecule has 0 aliphatic carbocycles. The van der Waals surface area contributed by atoms with Crippen LogP contribution in [0, 0.1) is 0 Å². The van der Waals surface area contributed by atoms with Gasteiger partial charge in [0, 0.05) is 60.4 Å². The average molecular weight is 585 g/mol. The number of nitrogens with one attached hydrogen (secondary N) is 1. The number of nitrogens with zero attached hydrogens (tertiary/aromatic N) is 3. The number of benzene rings is 2. The zero-order chi connectivity index (χ0) is 29.6. The average Bonchev–Trinajstić information content (AvgIpc) is 3.38. The van der Waals surface area contributed by atoms with Gasteiger partial charge < -0.3 is 14.8 Å². The SMILES string of the molecule is O=C(c1cc(C(F)(F)F)cc(C(F)(F)F)c1)N1CC2CCC(c3cccnc3)=CN2CC1Cc1c[nH]c2ccccc12. The molecule has 42 heavy (non-hydrogen) atoms. The van der Waals surface area contributed by atoms with Crippen molar-refractivity contribution in [3.05, 3.63) is 107 Å². The quantitative estimate of drug-likeness (QED) is 0.259. The molecule has 0 bridgehead atoms. The molecule has 2 aromatic heterocycles. The molecule has 6 rings (SSSR count). The zero-order valence-corrected chi connectivity index (χ0v) is 22.2. The van der Waals surface area contributed by atoms with Crippen LogP contribution in [0.1, 0.15) is 45.5 Å². The number of allylic oxidation sites excluding steroid dienone is 1. The lowest BCUT2D eigenvalue weighted by atomic mass is 9.90. The number of carbonyl (C=O) groups is 1. The van der Waals surface area contributed by atoms with Crippen LogP contribution in [0.3, 0.4) is 0 Å². The van der Waals surface area contributed by atoms with E-state index in [-0.39, 0.29) is 18.7 Å². The van der Waals surface area contributed by atoms with E-state index in [0.717, 1.165) is 27.6 Å². The second-order valence-electron chi connectivity index (χ2n) is 10.8. The van der Waals surface area contributed by atoms with E-state index in [1.165, 1.54) is 4.90 Å². The van der Waals surface area contributed by atoms with Gasteiger partial charge in [0.15, 0.2) is 0 Å². The molecule has 2 aromatic carbocycles. The number of piperazine rings is 1. The largest absolute Gasteiger partial charge is 0.416 e. The Morgan fingerprint density at radius 2 is 1.69 bits per heavy atom. The molecular formula is C31H26F6N4O. The molecule has 1 fully saturated rings. The Bertz CT molecular complexity index is 1610. The summed E-state index contributed by atoms with van der Waals surface area (Å²) in [4.78, 5) is 24.9. The molecule has 1 amide bonds. The van der Waals surface area contributed by atoms with Crippen LogP contribution in [0.2, 0.25) is 0 Å². The number of aromatic nitrogens is 2. The van der Waals surface area contributed by atoms with Crippen molar-refractivity contribution < 1.29 is 31.1 Å². The number of aromatic amines is 1. The highest BCUT2D eigenvalue weighted by atomic mass is 19.4. The van der Waals surface area contributed by atoms with Gasteiger partial charge in [0.25, 0.3) is 5.91 Å². The normalized spacial score (nSPS) is 19.5. The fourth-order valence-corrected chi connectivity index (χ4v) is 5.97. The molecule has 4 heterocycles. The summed E-state index contributed by atoms with van der Waals surface area (Å²) in [6, 6.07) is 11.9. The number of H-pyrrole nitrogens is 1. The van der Waals surface area contributed by atoms with Crippen molar-refractivity contribution >= 4 is 22.4 Å². The van der Waals surface area contributed by atoms with Crippen LogP contribution < -0.4 is 0 Å². The van der Waals surface area contributed by atoms with Gasteiger partial charge in [-0.05, 0) is 66.3 Å². The Morgan fingerprint density at radius 3 is 2.38 bits per heavy atom. The molecule has 0 radical (unpaired) electrons. The fourth-order valence-electron chi connectivity index (χ4n) is 5.97. The van der Waals surface area contributed by atoms with E-state index >= 15 is 0 Å². The van der Waals surface area contributed by atoms with Gasteiger partial charge in [-0.25, -0.2) is 0 Å². The minimum absolute atomic E-state index is 0.0457. The summed E-state index contributed by atoms with van der Waals surface area (Å²) in [6.07, 6.45) is -1.02. The Morgan fingerprint density at radius 1 is 0.952 bits per heavy atom. The van der Waals surface area contributed by atoms with Crippen LogP contribution in [0.4, 0.5) is 26.3 Å². The highest BCUT2D eigenvalue weighted by Crippen LogP contribution is 2.38. The number of rotatable bonds is 4. The van der Waals surface area contributed by atoms with E-state index < -0.39 is 41.0 Å². The summed E-state index contributed by atoms with van der Waals surface area (Å²) in [5.41, 5.74) is 0.216. The van der Waals surface area contributed by atoms with Gasteiger partial charge in [0.2, 0.25) is 0 Å². The van der Waals surface area contributed by atoms with Crippen molar-refractivity contribution in [2.45, 2.75) is 43.7 Å². The summed E-state index contributed by atoms with van der Waals surface area (Å²) in [7, 11) is 0. The van der Waals surface area contributed by atoms with E-state index in [1.807, 2.05) is 48.8 Å². The van der Waals surface area contributed by atoms with Crippen LogP contribution in [0.25, 0.3) is 16.5 Å². The number of para-hydroxylation sites is 1. The molecule has 0 spiro atoms. The van der Waals surface area contributed by atoms with E-state index in [0.29, 0.717) is 37.9 Å². The lowest BCUT2D eigenvalue weighted by Gasteiger charge is -2.48. The molecule has 2 aliphatic rings. The monoisotopic (exact) mass is 584 g/mol. The van der Waals surface area contributed by atoms with Crippen LogP contribution in [0.15, 0.2) is 79.4 Å². The van der Waals surface area contributed by atoms with Crippen LogP contribution in [-0.4, -0.2) is 50.8 Å². The van der Waals surface area contributed by atoms with Crippen molar-refractivity contribution in [3.8, 4) is 0 Å². The first-order chi connectivity index (χ1) is 20.0. The predicted octanol–water partition coefficient (Wildman–Crippen LogP) is 7.17. The van der Waals surface area contributed by atoms with Gasteiger partial charge in [-0.15, -0.1) is 0 Å². The summed E-state index contributed by atoms with van der Waals surface area (Å²) in [6.45, 7) is 0.533.